The van der Waals surface area contributed by atoms with Gasteiger partial charge in [0.05, 0.1) is 5.69 Å². The van der Waals surface area contributed by atoms with Crippen LogP contribution in [0, 0.1) is 23.7 Å². The van der Waals surface area contributed by atoms with Crippen LogP contribution in [0.15, 0.2) is 91.0 Å². The molecule has 0 radical (unpaired) electrons. The molecule has 4 bridgehead atoms. The van der Waals surface area contributed by atoms with Crippen LogP contribution >= 0.6 is 0 Å². The molecule has 6 unspecified atom stereocenters. The fourth-order valence-electron chi connectivity index (χ4n) is 10.5. The molecule has 0 aliphatic heterocycles. The lowest BCUT2D eigenvalue weighted by Gasteiger charge is -2.33. The first kappa shape index (κ1) is 25.2. The van der Waals surface area contributed by atoms with Crippen LogP contribution < -0.4 is 4.90 Å². The smallest absolute Gasteiger partial charge is 0.0508 e. The van der Waals surface area contributed by atoms with E-state index in [0.29, 0.717) is 0 Å². The lowest BCUT2D eigenvalue weighted by molar-refractivity contribution is 0.420. The van der Waals surface area contributed by atoms with E-state index < -0.39 is 0 Å². The molecule has 1 heteroatoms. The van der Waals surface area contributed by atoms with E-state index in [1.54, 1.807) is 11.1 Å². The maximum absolute atomic E-state index is 2.56. The van der Waals surface area contributed by atoms with E-state index in [1.165, 1.54) is 90.7 Å². The third-order valence-corrected chi connectivity index (χ3v) is 12.4. The first-order chi connectivity index (χ1) is 20.5. The molecule has 5 aliphatic rings. The number of hydrogen-bond donors (Lipinski definition) is 0. The van der Waals surface area contributed by atoms with Crippen LogP contribution in [0.3, 0.4) is 0 Å². The van der Waals surface area contributed by atoms with Crippen LogP contribution in [-0.2, 0) is 5.41 Å². The van der Waals surface area contributed by atoms with Crippen LogP contribution in [0.25, 0.3) is 11.1 Å². The van der Waals surface area contributed by atoms with Crippen LogP contribution in [0.1, 0.15) is 99.3 Å². The molecule has 1 nitrogen and oxygen atoms in total. The van der Waals surface area contributed by atoms with Gasteiger partial charge in [0.25, 0.3) is 0 Å². The van der Waals surface area contributed by atoms with Gasteiger partial charge in [-0.15, -0.1) is 0 Å². The van der Waals surface area contributed by atoms with Crippen molar-refractivity contribution in [1.29, 1.82) is 0 Å². The molecule has 6 atom stereocenters. The summed E-state index contributed by atoms with van der Waals surface area (Å²) in [5, 5.41) is 0. The van der Waals surface area contributed by atoms with Gasteiger partial charge in [-0.25, -0.2) is 0 Å². The first-order valence-electron chi connectivity index (χ1n) is 16.8. The Kier molecular flexibility index (Phi) is 5.60. The van der Waals surface area contributed by atoms with Crippen molar-refractivity contribution in [1.82, 2.24) is 0 Å². The summed E-state index contributed by atoms with van der Waals surface area (Å²) in [6.45, 7) is 4.83. The van der Waals surface area contributed by atoms with Crippen molar-refractivity contribution in [2.75, 3.05) is 4.90 Å². The van der Waals surface area contributed by atoms with Gasteiger partial charge in [-0.3, -0.25) is 0 Å². The van der Waals surface area contributed by atoms with Gasteiger partial charge in [-0.05, 0) is 138 Å². The second kappa shape index (κ2) is 9.34. The van der Waals surface area contributed by atoms with Crippen molar-refractivity contribution >= 4 is 17.1 Å². The van der Waals surface area contributed by atoms with E-state index in [0.717, 1.165) is 35.5 Å². The Morgan fingerprint density at radius 3 is 1.62 bits per heavy atom. The zero-order valence-corrected chi connectivity index (χ0v) is 25.2. The summed E-state index contributed by atoms with van der Waals surface area (Å²) >= 11 is 0. The normalized spacial score (nSPS) is 29.6. The van der Waals surface area contributed by atoms with Crippen molar-refractivity contribution in [2.24, 2.45) is 23.7 Å². The van der Waals surface area contributed by atoms with Gasteiger partial charge in [0.1, 0.15) is 0 Å². The summed E-state index contributed by atoms with van der Waals surface area (Å²) in [5.74, 6) is 5.29. The predicted octanol–water partition coefficient (Wildman–Crippen LogP) is 11.3. The summed E-state index contributed by atoms with van der Waals surface area (Å²) in [5.41, 5.74) is 12.6. The summed E-state index contributed by atoms with van der Waals surface area (Å²) in [6.07, 6.45) is 11.5. The zero-order valence-electron chi connectivity index (χ0n) is 25.2. The molecule has 0 spiro atoms. The summed E-state index contributed by atoms with van der Waals surface area (Å²) in [6, 6.07) is 35.5. The van der Waals surface area contributed by atoms with Gasteiger partial charge in [0, 0.05) is 16.8 Å². The van der Waals surface area contributed by atoms with E-state index in [9.17, 15) is 0 Å². The maximum atomic E-state index is 2.56. The van der Waals surface area contributed by atoms with E-state index in [-0.39, 0.29) is 5.41 Å². The first-order valence-corrected chi connectivity index (χ1v) is 16.8. The van der Waals surface area contributed by atoms with Crippen LogP contribution in [0.4, 0.5) is 17.1 Å². The Balaban J connectivity index is 1.15. The van der Waals surface area contributed by atoms with Crippen molar-refractivity contribution in [3.05, 3.63) is 113 Å². The van der Waals surface area contributed by atoms with Gasteiger partial charge < -0.3 is 4.90 Å². The van der Waals surface area contributed by atoms with Crippen molar-refractivity contribution in [2.45, 2.75) is 82.5 Å². The van der Waals surface area contributed by atoms with E-state index >= 15 is 0 Å². The third kappa shape index (κ3) is 3.74. The molecule has 0 amide bonds. The van der Waals surface area contributed by atoms with Gasteiger partial charge in [0.15, 0.2) is 0 Å². The number of anilines is 3. The minimum atomic E-state index is -0.0627. The molecule has 42 heavy (non-hydrogen) atoms. The number of hydrogen-bond acceptors (Lipinski definition) is 1. The predicted molar refractivity (Wildman–Crippen MR) is 175 cm³/mol. The molecular weight excluding hydrogens is 506 g/mol. The molecule has 0 saturated heterocycles. The summed E-state index contributed by atoms with van der Waals surface area (Å²) in [7, 11) is 0. The molecule has 4 saturated carbocycles. The number of rotatable bonds is 5. The average molecular weight is 550 g/mol. The Morgan fingerprint density at radius 2 is 1.10 bits per heavy atom. The van der Waals surface area contributed by atoms with Crippen LogP contribution in [0.2, 0.25) is 0 Å². The van der Waals surface area contributed by atoms with Gasteiger partial charge in [-0.1, -0.05) is 87.4 Å². The number of nitrogens with zero attached hydrogens (tertiary/aromatic N) is 1. The fourth-order valence-corrected chi connectivity index (χ4v) is 10.5. The van der Waals surface area contributed by atoms with E-state index in [1.807, 2.05) is 0 Å². The molecule has 0 heterocycles. The second-order valence-corrected chi connectivity index (χ2v) is 15.0. The molecule has 0 N–H and O–H groups in total. The Labute approximate surface area is 252 Å². The number of benzene rings is 4. The molecular formula is C41H43N. The van der Waals surface area contributed by atoms with E-state index in [2.05, 4.69) is 110 Å². The molecule has 9 rings (SSSR count). The Bertz CT molecular complexity index is 1570. The average Bonchev–Trinajstić information content (AvgIpc) is 3.87. The third-order valence-electron chi connectivity index (χ3n) is 12.4. The van der Waals surface area contributed by atoms with Gasteiger partial charge >= 0.3 is 0 Å². The highest BCUT2D eigenvalue weighted by atomic mass is 15.1. The molecule has 5 aliphatic carbocycles. The lowest BCUT2D eigenvalue weighted by atomic mass is 9.81. The molecule has 0 aromatic heterocycles. The van der Waals surface area contributed by atoms with Crippen molar-refractivity contribution in [3.8, 4) is 11.1 Å². The standard InChI is InChI=1S/C41H43N/c1-41(2)38-8-4-3-6-34(38)35-7-5-9-39(40(35)41)42(32-18-14-28(15-19-32)36-24-26-10-12-30(36)22-26)33-20-16-29(17-21-33)37-25-27-11-13-31(37)23-27/h3-9,14-21,26-27,30-31,36-37H,10-13,22-25H2,1-2H3. The highest BCUT2D eigenvalue weighted by molar-refractivity contribution is 5.90. The SMILES string of the molecule is CC1(C)c2ccccc2-c2cccc(N(c3ccc(C4CC5CCC4C5)cc3)c3ccc(C4CC5CCC4C5)cc3)c21. The molecule has 4 aromatic rings. The zero-order chi connectivity index (χ0) is 28.0. The Morgan fingerprint density at radius 1 is 0.548 bits per heavy atom. The second-order valence-electron chi connectivity index (χ2n) is 15.0. The monoisotopic (exact) mass is 549 g/mol. The fraction of sp³-hybridized carbons (Fsp3) is 0.415. The van der Waals surface area contributed by atoms with E-state index in [4.69, 9.17) is 0 Å². The quantitative estimate of drug-likeness (QED) is 0.239. The minimum Gasteiger partial charge on any atom is -0.310 e. The topological polar surface area (TPSA) is 3.24 Å². The lowest BCUT2D eigenvalue weighted by Crippen LogP contribution is -2.20. The number of fused-ring (bicyclic) bond motifs is 7. The molecule has 4 fully saturated rings. The summed E-state index contributed by atoms with van der Waals surface area (Å²) in [4.78, 5) is 2.56. The summed E-state index contributed by atoms with van der Waals surface area (Å²) < 4.78 is 0. The van der Waals surface area contributed by atoms with Crippen molar-refractivity contribution in [3.63, 3.8) is 0 Å². The van der Waals surface area contributed by atoms with Gasteiger partial charge in [0.2, 0.25) is 0 Å². The largest absolute Gasteiger partial charge is 0.310 e. The molecule has 212 valence electrons. The minimum absolute atomic E-state index is 0.0627. The Hall–Kier alpha value is -3.32. The maximum Gasteiger partial charge on any atom is 0.0508 e. The molecule has 4 aromatic carbocycles. The van der Waals surface area contributed by atoms with Crippen LogP contribution in [0.5, 0.6) is 0 Å². The highest BCUT2D eigenvalue weighted by Gasteiger charge is 2.42. The van der Waals surface area contributed by atoms with Crippen molar-refractivity contribution < 1.29 is 0 Å². The van der Waals surface area contributed by atoms with Gasteiger partial charge in [-0.2, -0.15) is 0 Å². The highest BCUT2D eigenvalue weighted by Crippen LogP contribution is 2.56. The van der Waals surface area contributed by atoms with Crippen LogP contribution in [-0.4, -0.2) is 0 Å².